The van der Waals surface area contributed by atoms with Crippen LogP contribution in [-0.4, -0.2) is 24.7 Å². The SMILES string of the molecule is Cc1ccc(C2CCCN2Cc2cccc3c2OCCO3)s1. The van der Waals surface area contributed by atoms with E-state index in [1.807, 2.05) is 17.4 Å². The van der Waals surface area contributed by atoms with Crippen LogP contribution in [0, 0.1) is 6.92 Å². The summed E-state index contributed by atoms with van der Waals surface area (Å²) in [6, 6.07) is 11.3. The molecule has 22 heavy (non-hydrogen) atoms. The van der Waals surface area contributed by atoms with E-state index in [4.69, 9.17) is 9.47 Å². The molecule has 2 aliphatic heterocycles. The number of aryl methyl sites for hydroxylation is 1. The maximum absolute atomic E-state index is 5.86. The van der Waals surface area contributed by atoms with Crippen LogP contribution in [0.1, 0.15) is 34.2 Å². The standard InChI is InChI=1S/C18H21NO2S/c1-13-7-8-17(22-13)15-5-3-9-19(15)12-14-4-2-6-16-18(14)21-11-10-20-16/h2,4,6-8,15H,3,5,9-12H2,1H3. The van der Waals surface area contributed by atoms with Gasteiger partial charge in [-0.3, -0.25) is 4.90 Å². The molecule has 1 atom stereocenters. The van der Waals surface area contributed by atoms with Gasteiger partial charge in [-0.1, -0.05) is 12.1 Å². The third-order valence-electron chi connectivity index (χ3n) is 4.47. The normalized spacial score (nSPS) is 21.2. The number of rotatable bonds is 3. The highest BCUT2D eigenvalue weighted by molar-refractivity contribution is 7.12. The van der Waals surface area contributed by atoms with Crippen LogP contribution < -0.4 is 9.47 Å². The lowest BCUT2D eigenvalue weighted by molar-refractivity contribution is 0.165. The number of fused-ring (bicyclic) bond motifs is 1. The number of ether oxygens (including phenoxy) is 2. The van der Waals surface area contributed by atoms with Crippen molar-refractivity contribution in [1.29, 1.82) is 0 Å². The third kappa shape index (κ3) is 2.61. The number of nitrogens with zero attached hydrogens (tertiary/aromatic N) is 1. The van der Waals surface area contributed by atoms with Gasteiger partial charge < -0.3 is 9.47 Å². The van der Waals surface area contributed by atoms with E-state index in [0.29, 0.717) is 19.3 Å². The lowest BCUT2D eigenvalue weighted by Crippen LogP contribution is -2.24. The highest BCUT2D eigenvalue weighted by atomic mass is 32.1. The molecule has 3 nitrogen and oxygen atoms in total. The molecule has 0 amide bonds. The largest absolute Gasteiger partial charge is 0.486 e. The summed E-state index contributed by atoms with van der Waals surface area (Å²) in [7, 11) is 0. The van der Waals surface area contributed by atoms with Crippen LogP contribution in [0.25, 0.3) is 0 Å². The van der Waals surface area contributed by atoms with Crippen molar-refractivity contribution in [2.75, 3.05) is 19.8 Å². The summed E-state index contributed by atoms with van der Waals surface area (Å²) in [5, 5.41) is 0. The van der Waals surface area contributed by atoms with E-state index >= 15 is 0 Å². The molecule has 1 aromatic carbocycles. The van der Waals surface area contributed by atoms with Crippen molar-refractivity contribution in [3.05, 3.63) is 45.6 Å². The number of hydrogen-bond acceptors (Lipinski definition) is 4. The number of hydrogen-bond donors (Lipinski definition) is 0. The Bertz CT molecular complexity index is 667. The molecular formula is C18H21NO2S. The Kier molecular flexibility index (Phi) is 3.80. The Morgan fingerprint density at radius 3 is 2.95 bits per heavy atom. The van der Waals surface area contributed by atoms with Crippen molar-refractivity contribution in [1.82, 2.24) is 4.90 Å². The average Bonchev–Trinajstić information content (AvgIpc) is 3.16. The molecule has 0 bridgehead atoms. The van der Waals surface area contributed by atoms with Gasteiger partial charge in [0.1, 0.15) is 13.2 Å². The molecule has 0 aliphatic carbocycles. The van der Waals surface area contributed by atoms with E-state index in [1.54, 1.807) is 0 Å². The molecule has 2 aromatic rings. The van der Waals surface area contributed by atoms with Crippen molar-refractivity contribution in [2.24, 2.45) is 0 Å². The van der Waals surface area contributed by atoms with Gasteiger partial charge in [0, 0.05) is 27.9 Å². The minimum absolute atomic E-state index is 0.555. The van der Waals surface area contributed by atoms with Crippen LogP contribution in [0.5, 0.6) is 11.5 Å². The van der Waals surface area contributed by atoms with E-state index in [2.05, 4.69) is 36.1 Å². The van der Waals surface area contributed by atoms with Gasteiger partial charge in [-0.25, -0.2) is 0 Å². The molecule has 0 spiro atoms. The fraction of sp³-hybridized carbons (Fsp3) is 0.444. The van der Waals surface area contributed by atoms with Gasteiger partial charge in [-0.2, -0.15) is 0 Å². The molecule has 0 radical (unpaired) electrons. The minimum atomic E-state index is 0.555. The first-order chi connectivity index (χ1) is 10.8. The van der Waals surface area contributed by atoms with Crippen molar-refractivity contribution >= 4 is 11.3 Å². The highest BCUT2D eigenvalue weighted by Gasteiger charge is 2.28. The molecule has 0 N–H and O–H groups in total. The molecule has 116 valence electrons. The van der Waals surface area contributed by atoms with Gasteiger partial charge >= 0.3 is 0 Å². The summed E-state index contributed by atoms with van der Waals surface area (Å²) in [6.45, 7) is 5.58. The number of likely N-dealkylation sites (tertiary alicyclic amines) is 1. The van der Waals surface area contributed by atoms with Crippen molar-refractivity contribution in [3.63, 3.8) is 0 Å². The highest BCUT2D eigenvalue weighted by Crippen LogP contribution is 2.40. The van der Waals surface area contributed by atoms with Gasteiger partial charge in [-0.15, -0.1) is 11.3 Å². The Labute approximate surface area is 135 Å². The summed E-state index contributed by atoms with van der Waals surface area (Å²) >= 11 is 1.93. The molecule has 2 aliphatic rings. The summed E-state index contributed by atoms with van der Waals surface area (Å²) < 4.78 is 11.6. The van der Waals surface area contributed by atoms with Crippen LogP contribution in [0.2, 0.25) is 0 Å². The molecule has 1 aromatic heterocycles. The van der Waals surface area contributed by atoms with E-state index < -0.39 is 0 Å². The minimum Gasteiger partial charge on any atom is -0.486 e. The average molecular weight is 315 g/mol. The van der Waals surface area contributed by atoms with Gasteiger partial charge in [0.05, 0.1) is 0 Å². The van der Waals surface area contributed by atoms with Crippen LogP contribution in [0.15, 0.2) is 30.3 Å². The molecule has 1 fully saturated rings. The van der Waals surface area contributed by atoms with E-state index in [9.17, 15) is 0 Å². The second-order valence-electron chi connectivity index (χ2n) is 6.02. The summed E-state index contributed by atoms with van der Waals surface area (Å²) in [5.41, 5.74) is 1.25. The van der Waals surface area contributed by atoms with Crippen molar-refractivity contribution in [2.45, 2.75) is 32.4 Å². The fourth-order valence-electron chi connectivity index (χ4n) is 3.45. The van der Waals surface area contributed by atoms with Gasteiger partial charge in [0.25, 0.3) is 0 Å². The maximum Gasteiger partial charge on any atom is 0.165 e. The zero-order valence-corrected chi connectivity index (χ0v) is 13.7. The molecular weight excluding hydrogens is 294 g/mol. The van der Waals surface area contributed by atoms with E-state index in [0.717, 1.165) is 24.6 Å². The zero-order chi connectivity index (χ0) is 14.9. The molecule has 0 saturated carbocycles. The van der Waals surface area contributed by atoms with Gasteiger partial charge in [0.2, 0.25) is 0 Å². The topological polar surface area (TPSA) is 21.7 Å². The van der Waals surface area contributed by atoms with Crippen LogP contribution in [0.3, 0.4) is 0 Å². The molecule has 1 saturated heterocycles. The monoisotopic (exact) mass is 315 g/mol. The van der Waals surface area contributed by atoms with E-state index in [1.165, 1.54) is 28.2 Å². The lowest BCUT2D eigenvalue weighted by Gasteiger charge is -2.26. The second kappa shape index (κ2) is 5.94. The third-order valence-corrected chi connectivity index (χ3v) is 5.58. The molecule has 3 heterocycles. The predicted molar refractivity (Wildman–Crippen MR) is 88.9 cm³/mol. The Balaban J connectivity index is 1.58. The van der Waals surface area contributed by atoms with E-state index in [-0.39, 0.29) is 0 Å². The fourth-order valence-corrected chi connectivity index (χ4v) is 4.49. The lowest BCUT2D eigenvalue weighted by atomic mass is 10.1. The van der Waals surface area contributed by atoms with Crippen LogP contribution in [0.4, 0.5) is 0 Å². The van der Waals surface area contributed by atoms with Crippen LogP contribution >= 0.6 is 11.3 Å². The quantitative estimate of drug-likeness (QED) is 0.849. The molecule has 4 heteroatoms. The Morgan fingerprint density at radius 1 is 1.18 bits per heavy atom. The van der Waals surface area contributed by atoms with Gasteiger partial charge in [0.15, 0.2) is 11.5 Å². The smallest absolute Gasteiger partial charge is 0.165 e. The summed E-state index contributed by atoms with van der Waals surface area (Å²) in [4.78, 5) is 5.48. The van der Waals surface area contributed by atoms with Crippen molar-refractivity contribution in [3.8, 4) is 11.5 Å². The van der Waals surface area contributed by atoms with Crippen LogP contribution in [-0.2, 0) is 6.54 Å². The summed E-state index contributed by atoms with van der Waals surface area (Å²) in [5.74, 6) is 1.84. The Hall–Kier alpha value is -1.52. The maximum atomic E-state index is 5.86. The zero-order valence-electron chi connectivity index (χ0n) is 12.9. The first kappa shape index (κ1) is 14.1. The van der Waals surface area contributed by atoms with Crippen molar-refractivity contribution < 1.29 is 9.47 Å². The summed E-state index contributed by atoms with van der Waals surface area (Å²) in [6.07, 6.45) is 2.53. The first-order valence-electron chi connectivity index (χ1n) is 7.99. The number of para-hydroxylation sites is 1. The van der Waals surface area contributed by atoms with Gasteiger partial charge in [-0.05, 0) is 44.5 Å². The molecule has 1 unspecified atom stereocenters. The first-order valence-corrected chi connectivity index (χ1v) is 8.81. The number of thiophene rings is 1. The number of benzene rings is 1. The second-order valence-corrected chi connectivity index (χ2v) is 7.34. The predicted octanol–water partition coefficient (Wildman–Crippen LogP) is 4.16. The Morgan fingerprint density at radius 2 is 2.09 bits per heavy atom. The molecule has 4 rings (SSSR count).